The van der Waals surface area contributed by atoms with Crippen LogP contribution in [-0.2, 0) is 0 Å². The first-order chi connectivity index (χ1) is 6.68. The Bertz CT molecular complexity index is 329. The van der Waals surface area contributed by atoms with Crippen molar-refractivity contribution in [1.29, 1.82) is 0 Å². The topological polar surface area (TPSA) is 38.0 Å². The minimum absolute atomic E-state index is 0.205. The van der Waals surface area contributed by atoms with Crippen LogP contribution in [0.1, 0.15) is 22.7 Å². The van der Waals surface area contributed by atoms with Gasteiger partial charge in [0.2, 0.25) is 0 Å². The van der Waals surface area contributed by atoms with Crippen LogP contribution in [0, 0.1) is 19.8 Å². The van der Waals surface area contributed by atoms with Crippen molar-refractivity contribution in [3.8, 4) is 0 Å². The summed E-state index contributed by atoms with van der Waals surface area (Å²) in [6.07, 6.45) is 0. The number of hydrogen-bond donors (Lipinski definition) is 2. The van der Waals surface area contributed by atoms with E-state index in [-0.39, 0.29) is 6.04 Å². The van der Waals surface area contributed by atoms with Crippen molar-refractivity contribution >= 4 is 0 Å². The normalized spacial score (nSPS) is 19.1. The number of nitrogens with one attached hydrogen (secondary N) is 1. The van der Waals surface area contributed by atoms with Gasteiger partial charge in [0.1, 0.15) is 0 Å². The molecule has 0 saturated carbocycles. The van der Waals surface area contributed by atoms with E-state index in [0.717, 1.165) is 13.1 Å². The largest absolute Gasteiger partial charge is 0.324 e. The molecular formula is C12H18N2. The molecular weight excluding hydrogens is 172 g/mol. The molecule has 14 heavy (non-hydrogen) atoms. The first-order valence-corrected chi connectivity index (χ1v) is 5.22. The van der Waals surface area contributed by atoms with E-state index in [1.807, 2.05) is 0 Å². The van der Waals surface area contributed by atoms with Crippen LogP contribution in [0.25, 0.3) is 0 Å². The molecule has 1 aromatic rings. The van der Waals surface area contributed by atoms with Gasteiger partial charge in [-0.1, -0.05) is 23.8 Å². The van der Waals surface area contributed by atoms with Gasteiger partial charge in [-0.25, -0.2) is 0 Å². The fourth-order valence-corrected chi connectivity index (χ4v) is 2.02. The smallest absolute Gasteiger partial charge is 0.0350 e. The number of hydrogen-bond acceptors (Lipinski definition) is 2. The Hall–Kier alpha value is -0.860. The molecule has 1 atom stereocenters. The molecule has 2 nitrogen and oxygen atoms in total. The van der Waals surface area contributed by atoms with Gasteiger partial charge in [0.15, 0.2) is 0 Å². The second-order valence-electron chi connectivity index (χ2n) is 4.30. The highest BCUT2D eigenvalue weighted by atomic mass is 15.0. The first-order valence-electron chi connectivity index (χ1n) is 5.22. The van der Waals surface area contributed by atoms with Gasteiger partial charge in [0, 0.05) is 25.0 Å². The molecule has 0 aromatic heterocycles. The lowest BCUT2D eigenvalue weighted by Gasteiger charge is -2.33. The predicted octanol–water partition coefficient (Wildman–Crippen LogP) is 1.52. The van der Waals surface area contributed by atoms with Crippen LogP contribution in [0.15, 0.2) is 18.2 Å². The van der Waals surface area contributed by atoms with Gasteiger partial charge in [-0.15, -0.1) is 0 Å². The zero-order valence-electron chi connectivity index (χ0n) is 8.88. The van der Waals surface area contributed by atoms with Crippen LogP contribution in [0.5, 0.6) is 0 Å². The van der Waals surface area contributed by atoms with E-state index in [1.54, 1.807) is 0 Å². The summed E-state index contributed by atoms with van der Waals surface area (Å²) in [4.78, 5) is 0. The summed E-state index contributed by atoms with van der Waals surface area (Å²) in [5, 5.41) is 3.26. The Morgan fingerprint density at radius 1 is 1.36 bits per heavy atom. The van der Waals surface area contributed by atoms with Gasteiger partial charge in [-0.2, -0.15) is 0 Å². The lowest BCUT2D eigenvalue weighted by molar-refractivity contribution is 0.294. The Labute approximate surface area is 85.5 Å². The molecule has 0 aliphatic carbocycles. The van der Waals surface area contributed by atoms with E-state index >= 15 is 0 Å². The molecule has 2 heteroatoms. The SMILES string of the molecule is Cc1ccc(C(N)C2CNC2)c(C)c1. The third-order valence-corrected chi connectivity index (χ3v) is 3.11. The molecule has 0 spiro atoms. The molecule has 1 aliphatic heterocycles. The number of rotatable bonds is 2. The summed E-state index contributed by atoms with van der Waals surface area (Å²) in [5.74, 6) is 0.622. The highest BCUT2D eigenvalue weighted by Gasteiger charge is 2.25. The minimum Gasteiger partial charge on any atom is -0.324 e. The Kier molecular flexibility index (Phi) is 2.57. The zero-order valence-corrected chi connectivity index (χ0v) is 8.88. The molecule has 1 saturated heterocycles. The van der Waals surface area contributed by atoms with Crippen LogP contribution >= 0.6 is 0 Å². The molecule has 1 aromatic carbocycles. The Balaban J connectivity index is 2.22. The molecule has 1 aliphatic rings. The molecule has 2 rings (SSSR count). The van der Waals surface area contributed by atoms with Crippen LogP contribution in [0.4, 0.5) is 0 Å². The van der Waals surface area contributed by atoms with E-state index in [4.69, 9.17) is 5.73 Å². The van der Waals surface area contributed by atoms with E-state index in [0.29, 0.717) is 5.92 Å². The van der Waals surface area contributed by atoms with E-state index in [1.165, 1.54) is 16.7 Å². The van der Waals surface area contributed by atoms with Crippen molar-refractivity contribution in [2.75, 3.05) is 13.1 Å². The van der Waals surface area contributed by atoms with Crippen molar-refractivity contribution in [2.45, 2.75) is 19.9 Å². The molecule has 3 N–H and O–H groups in total. The standard InChI is InChI=1S/C12H18N2/c1-8-3-4-11(9(2)5-8)12(13)10-6-14-7-10/h3-5,10,12,14H,6-7,13H2,1-2H3. The summed E-state index contributed by atoms with van der Waals surface area (Å²) in [7, 11) is 0. The van der Waals surface area contributed by atoms with Crippen molar-refractivity contribution in [2.24, 2.45) is 11.7 Å². The number of aryl methyl sites for hydroxylation is 2. The molecule has 0 amide bonds. The summed E-state index contributed by atoms with van der Waals surface area (Å²) in [6.45, 7) is 6.39. The second-order valence-corrected chi connectivity index (χ2v) is 4.30. The van der Waals surface area contributed by atoms with Crippen molar-refractivity contribution in [1.82, 2.24) is 5.32 Å². The van der Waals surface area contributed by atoms with Gasteiger partial charge in [0.05, 0.1) is 0 Å². The van der Waals surface area contributed by atoms with E-state index in [2.05, 4.69) is 37.4 Å². The maximum Gasteiger partial charge on any atom is 0.0350 e. The van der Waals surface area contributed by atoms with Crippen LogP contribution in [0.2, 0.25) is 0 Å². The van der Waals surface area contributed by atoms with Crippen molar-refractivity contribution in [3.63, 3.8) is 0 Å². The second kappa shape index (κ2) is 3.71. The van der Waals surface area contributed by atoms with Crippen LogP contribution in [-0.4, -0.2) is 13.1 Å². The highest BCUT2D eigenvalue weighted by molar-refractivity contribution is 5.33. The fourth-order valence-electron chi connectivity index (χ4n) is 2.02. The van der Waals surface area contributed by atoms with Gasteiger partial charge in [-0.05, 0) is 25.0 Å². The van der Waals surface area contributed by atoms with Gasteiger partial charge >= 0.3 is 0 Å². The average Bonchev–Trinajstić information content (AvgIpc) is 2.00. The van der Waals surface area contributed by atoms with Crippen molar-refractivity contribution < 1.29 is 0 Å². The highest BCUT2D eigenvalue weighted by Crippen LogP contribution is 2.25. The predicted molar refractivity (Wildman–Crippen MR) is 59.2 cm³/mol. The first kappa shape index (κ1) is 9.69. The lowest BCUT2D eigenvalue weighted by Crippen LogP contribution is -2.47. The number of nitrogens with two attached hydrogens (primary N) is 1. The average molecular weight is 190 g/mol. The van der Waals surface area contributed by atoms with E-state index < -0.39 is 0 Å². The molecule has 76 valence electrons. The molecule has 0 radical (unpaired) electrons. The third-order valence-electron chi connectivity index (χ3n) is 3.11. The lowest BCUT2D eigenvalue weighted by atomic mass is 9.87. The molecule has 0 bridgehead atoms. The summed E-state index contributed by atoms with van der Waals surface area (Å²) >= 11 is 0. The van der Waals surface area contributed by atoms with Gasteiger partial charge in [0.25, 0.3) is 0 Å². The fraction of sp³-hybridized carbons (Fsp3) is 0.500. The Morgan fingerprint density at radius 3 is 2.57 bits per heavy atom. The maximum atomic E-state index is 6.21. The van der Waals surface area contributed by atoms with Crippen LogP contribution < -0.4 is 11.1 Å². The summed E-state index contributed by atoms with van der Waals surface area (Å²) in [6, 6.07) is 6.74. The van der Waals surface area contributed by atoms with Gasteiger partial charge in [-0.3, -0.25) is 0 Å². The number of benzene rings is 1. The van der Waals surface area contributed by atoms with Gasteiger partial charge < -0.3 is 11.1 Å². The maximum absolute atomic E-state index is 6.21. The molecule has 1 unspecified atom stereocenters. The zero-order chi connectivity index (χ0) is 10.1. The van der Waals surface area contributed by atoms with E-state index in [9.17, 15) is 0 Å². The molecule has 1 fully saturated rings. The summed E-state index contributed by atoms with van der Waals surface area (Å²) in [5.41, 5.74) is 10.2. The van der Waals surface area contributed by atoms with Crippen molar-refractivity contribution in [3.05, 3.63) is 34.9 Å². The Morgan fingerprint density at radius 2 is 2.07 bits per heavy atom. The molecule has 1 heterocycles. The quantitative estimate of drug-likeness (QED) is 0.742. The minimum atomic E-state index is 0.205. The summed E-state index contributed by atoms with van der Waals surface area (Å²) < 4.78 is 0. The third kappa shape index (κ3) is 1.68. The monoisotopic (exact) mass is 190 g/mol. The van der Waals surface area contributed by atoms with Crippen LogP contribution in [0.3, 0.4) is 0 Å².